The number of ether oxygens (including phenoxy) is 1. The van der Waals surface area contributed by atoms with E-state index >= 15 is 0 Å². The highest BCUT2D eigenvalue weighted by Gasteiger charge is 2.43. The van der Waals surface area contributed by atoms with Gasteiger partial charge in [0.1, 0.15) is 30.1 Å². The zero-order chi connectivity index (χ0) is 14.7. The van der Waals surface area contributed by atoms with Crippen LogP contribution in [0.2, 0.25) is 0 Å². The summed E-state index contributed by atoms with van der Waals surface area (Å²) in [7, 11) is 0. The van der Waals surface area contributed by atoms with Crippen molar-refractivity contribution in [2.45, 2.75) is 30.6 Å². The lowest BCUT2D eigenvalue weighted by Crippen LogP contribution is -2.57. The van der Waals surface area contributed by atoms with Crippen molar-refractivity contribution in [2.75, 3.05) is 6.61 Å². The fourth-order valence-corrected chi connectivity index (χ4v) is 1.98. The molecule has 0 amide bonds. The van der Waals surface area contributed by atoms with Gasteiger partial charge in [0.2, 0.25) is 0 Å². The molecule has 1 aliphatic heterocycles. The van der Waals surface area contributed by atoms with Crippen LogP contribution in [0.15, 0.2) is 29.3 Å². The van der Waals surface area contributed by atoms with E-state index in [4.69, 9.17) is 14.9 Å². The lowest BCUT2D eigenvalue weighted by atomic mass is 9.97. The summed E-state index contributed by atoms with van der Waals surface area (Å²) in [6.45, 7) is -0.510. The smallest absolute Gasteiger partial charge is 0.180 e. The van der Waals surface area contributed by atoms with Crippen molar-refractivity contribution in [3.63, 3.8) is 0 Å². The van der Waals surface area contributed by atoms with Crippen molar-refractivity contribution in [1.82, 2.24) is 0 Å². The molecule has 0 aliphatic carbocycles. The van der Waals surface area contributed by atoms with Gasteiger partial charge < -0.3 is 30.3 Å². The molecule has 5 atom stereocenters. The molecule has 0 saturated carbocycles. The Bertz CT molecular complexity index is 462. The van der Waals surface area contributed by atoms with Crippen molar-refractivity contribution in [2.24, 2.45) is 4.99 Å². The Hall–Kier alpha value is -1.51. The molecule has 7 nitrogen and oxygen atoms in total. The fraction of sp³-hybridized carbons (Fsp3) is 0.462. The van der Waals surface area contributed by atoms with Gasteiger partial charge in [-0.1, -0.05) is 0 Å². The van der Waals surface area contributed by atoms with Crippen LogP contribution in [-0.2, 0) is 4.74 Å². The molecular formula is C13H17NO6. The first kappa shape index (κ1) is 14.9. The van der Waals surface area contributed by atoms with Crippen LogP contribution in [0.25, 0.3) is 0 Å². The number of aliphatic imine (C=N–C) groups is 1. The number of phenols is 1. The number of aliphatic hydroxyl groups excluding tert-OH is 4. The molecule has 2 rings (SSSR count). The molecule has 0 unspecified atom stereocenters. The van der Waals surface area contributed by atoms with Gasteiger partial charge in [-0.2, -0.15) is 0 Å². The molecule has 1 aliphatic rings. The molecule has 20 heavy (non-hydrogen) atoms. The Morgan fingerprint density at radius 2 is 1.75 bits per heavy atom. The Balaban J connectivity index is 2.09. The zero-order valence-electron chi connectivity index (χ0n) is 10.6. The quantitative estimate of drug-likeness (QED) is 0.435. The predicted octanol–water partition coefficient (Wildman–Crippen LogP) is -1.39. The summed E-state index contributed by atoms with van der Waals surface area (Å²) in [5, 5.41) is 47.4. The van der Waals surface area contributed by atoms with Crippen molar-refractivity contribution >= 4 is 6.21 Å². The van der Waals surface area contributed by atoms with E-state index in [1.807, 2.05) is 0 Å². The van der Waals surface area contributed by atoms with Gasteiger partial charge in [0, 0.05) is 6.21 Å². The number of phenolic OH excluding ortho intramolecular Hbond substituents is 1. The van der Waals surface area contributed by atoms with Crippen LogP contribution in [0.4, 0.5) is 0 Å². The number of aliphatic hydroxyl groups is 4. The molecule has 0 bridgehead atoms. The van der Waals surface area contributed by atoms with Crippen LogP contribution < -0.4 is 0 Å². The highest BCUT2D eigenvalue weighted by atomic mass is 16.6. The standard InChI is InChI=1S/C13H17NO6/c15-6-9-11(17)12(18)10(13(19)20-9)14-5-7-1-3-8(16)4-2-7/h1-5,9-13,15-19H,6H2/t9-,10-,11-,12-,13-/m0/s1. The number of benzene rings is 1. The molecule has 5 N–H and O–H groups in total. The average Bonchev–Trinajstić information content (AvgIpc) is 2.44. The molecule has 7 heteroatoms. The minimum atomic E-state index is -1.42. The van der Waals surface area contributed by atoms with Crippen molar-refractivity contribution in [1.29, 1.82) is 0 Å². The van der Waals surface area contributed by atoms with E-state index in [-0.39, 0.29) is 5.75 Å². The van der Waals surface area contributed by atoms with E-state index in [0.29, 0.717) is 5.56 Å². The minimum absolute atomic E-state index is 0.115. The van der Waals surface area contributed by atoms with E-state index in [0.717, 1.165) is 0 Å². The van der Waals surface area contributed by atoms with Crippen molar-refractivity contribution < 1.29 is 30.3 Å². The van der Waals surface area contributed by atoms with Crippen molar-refractivity contribution in [3.05, 3.63) is 29.8 Å². The van der Waals surface area contributed by atoms with Crippen LogP contribution in [0.1, 0.15) is 5.56 Å². The number of aromatic hydroxyl groups is 1. The summed E-state index contributed by atoms with van der Waals surface area (Å²) >= 11 is 0. The van der Waals surface area contributed by atoms with Gasteiger partial charge in [-0.15, -0.1) is 0 Å². The second-order valence-corrected chi connectivity index (χ2v) is 4.59. The largest absolute Gasteiger partial charge is 0.508 e. The third kappa shape index (κ3) is 3.14. The number of rotatable bonds is 3. The second kappa shape index (κ2) is 6.29. The van der Waals surface area contributed by atoms with Crippen molar-refractivity contribution in [3.8, 4) is 5.75 Å². The Labute approximate surface area is 115 Å². The molecule has 1 aromatic carbocycles. The second-order valence-electron chi connectivity index (χ2n) is 4.59. The van der Waals surface area contributed by atoms with E-state index in [2.05, 4.69) is 4.99 Å². The normalized spacial score (nSPS) is 34.5. The maximum atomic E-state index is 9.88. The molecule has 0 aromatic heterocycles. The number of nitrogens with zero attached hydrogens (tertiary/aromatic N) is 1. The summed E-state index contributed by atoms with van der Waals surface area (Å²) in [6, 6.07) is 5.11. The molecule has 0 spiro atoms. The van der Waals surface area contributed by atoms with Crippen LogP contribution in [0.5, 0.6) is 5.75 Å². The Kier molecular flexibility index (Phi) is 4.69. The molecule has 1 aromatic rings. The van der Waals surface area contributed by atoms with Crippen LogP contribution in [0.3, 0.4) is 0 Å². The Morgan fingerprint density at radius 1 is 1.10 bits per heavy atom. The first-order valence-corrected chi connectivity index (χ1v) is 6.15. The highest BCUT2D eigenvalue weighted by Crippen LogP contribution is 2.22. The molecule has 110 valence electrons. The molecule has 1 heterocycles. The van der Waals surface area contributed by atoms with E-state index in [9.17, 15) is 15.3 Å². The van der Waals surface area contributed by atoms with E-state index < -0.39 is 37.3 Å². The van der Waals surface area contributed by atoms with E-state index in [1.165, 1.54) is 18.3 Å². The monoisotopic (exact) mass is 283 g/mol. The molecule has 1 fully saturated rings. The van der Waals surface area contributed by atoms with Gasteiger partial charge in [-0.25, -0.2) is 0 Å². The molecule has 0 radical (unpaired) electrons. The predicted molar refractivity (Wildman–Crippen MR) is 69.5 cm³/mol. The van der Waals surface area contributed by atoms with Gasteiger partial charge in [0.25, 0.3) is 0 Å². The van der Waals surface area contributed by atoms with Gasteiger partial charge in [0.15, 0.2) is 6.29 Å². The summed E-state index contributed by atoms with van der Waals surface area (Å²) in [5.74, 6) is 0.115. The summed E-state index contributed by atoms with van der Waals surface area (Å²) < 4.78 is 4.98. The topological polar surface area (TPSA) is 123 Å². The fourth-order valence-electron chi connectivity index (χ4n) is 1.98. The zero-order valence-corrected chi connectivity index (χ0v) is 10.6. The van der Waals surface area contributed by atoms with Crippen LogP contribution >= 0.6 is 0 Å². The Morgan fingerprint density at radius 3 is 2.35 bits per heavy atom. The molecular weight excluding hydrogens is 266 g/mol. The average molecular weight is 283 g/mol. The first-order chi connectivity index (χ1) is 9.52. The van der Waals surface area contributed by atoms with Crippen LogP contribution in [-0.4, -0.2) is 69.0 Å². The van der Waals surface area contributed by atoms with Gasteiger partial charge >= 0.3 is 0 Å². The lowest BCUT2D eigenvalue weighted by molar-refractivity contribution is -0.248. The third-order valence-corrected chi connectivity index (χ3v) is 3.16. The summed E-state index contributed by atoms with van der Waals surface area (Å²) in [6.07, 6.45) is -3.74. The third-order valence-electron chi connectivity index (χ3n) is 3.16. The number of hydrogen-bond acceptors (Lipinski definition) is 7. The first-order valence-electron chi connectivity index (χ1n) is 6.15. The van der Waals surface area contributed by atoms with E-state index in [1.54, 1.807) is 12.1 Å². The highest BCUT2D eigenvalue weighted by molar-refractivity contribution is 5.79. The lowest BCUT2D eigenvalue weighted by Gasteiger charge is -2.38. The minimum Gasteiger partial charge on any atom is -0.508 e. The molecule has 1 saturated heterocycles. The van der Waals surface area contributed by atoms with Gasteiger partial charge in [0.05, 0.1) is 6.61 Å². The summed E-state index contributed by atoms with van der Waals surface area (Å²) in [5.41, 5.74) is 0.654. The maximum absolute atomic E-state index is 9.88. The summed E-state index contributed by atoms with van der Waals surface area (Å²) in [4.78, 5) is 3.99. The maximum Gasteiger partial charge on any atom is 0.180 e. The van der Waals surface area contributed by atoms with Crippen LogP contribution in [0, 0.1) is 0 Å². The van der Waals surface area contributed by atoms with Gasteiger partial charge in [-0.05, 0) is 29.8 Å². The SMILES string of the molecule is OC[C@@H]1O[C@H](O)[C@@H](N=Cc2ccc(O)cc2)[C@H](O)[C@H]1O. The van der Waals surface area contributed by atoms with Gasteiger partial charge in [-0.3, -0.25) is 4.99 Å². The number of hydrogen-bond donors (Lipinski definition) is 5.